The molecule has 0 saturated carbocycles. The third kappa shape index (κ3) is 7.47. The normalized spacial score (nSPS) is 10.5. The van der Waals surface area contributed by atoms with Crippen molar-refractivity contribution in [2.45, 2.75) is 26.2 Å². The molecular weight excluding hydrogens is 284 g/mol. The molecular formula is C17H22O5. The van der Waals surface area contributed by atoms with Crippen molar-refractivity contribution in [3.63, 3.8) is 0 Å². The van der Waals surface area contributed by atoms with Gasteiger partial charge in [0, 0.05) is 18.6 Å². The summed E-state index contributed by atoms with van der Waals surface area (Å²) in [6, 6.07) is 7.49. The third-order valence-corrected chi connectivity index (χ3v) is 2.87. The van der Waals surface area contributed by atoms with Crippen molar-refractivity contribution in [1.82, 2.24) is 0 Å². The van der Waals surface area contributed by atoms with Crippen molar-refractivity contribution in [3.8, 4) is 5.75 Å². The number of ether oxygens (including phenoxy) is 3. The summed E-state index contributed by atoms with van der Waals surface area (Å²) in [7, 11) is 1.34. The smallest absolute Gasteiger partial charge is 0.330 e. The lowest BCUT2D eigenvalue weighted by molar-refractivity contribution is -0.141. The zero-order valence-electron chi connectivity index (χ0n) is 13.0. The summed E-state index contributed by atoms with van der Waals surface area (Å²) >= 11 is 0. The third-order valence-electron chi connectivity index (χ3n) is 2.87. The van der Waals surface area contributed by atoms with E-state index in [9.17, 15) is 9.59 Å². The molecule has 1 aromatic rings. The van der Waals surface area contributed by atoms with Crippen LogP contribution in [0.4, 0.5) is 0 Å². The van der Waals surface area contributed by atoms with Crippen LogP contribution in [0.25, 0.3) is 6.08 Å². The molecule has 0 fully saturated rings. The summed E-state index contributed by atoms with van der Waals surface area (Å²) in [4.78, 5) is 21.7. The molecule has 0 unspecified atom stereocenters. The lowest BCUT2D eigenvalue weighted by Crippen LogP contribution is -2.02. The first-order valence-corrected chi connectivity index (χ1v) is 7.24. The molecule has 0 aromatic heterocycles. The largest absolute Gasteiger partial charge is 0.493 e. The van der Waals surface area contributed by atoms with Gasteiger partial charge in [-0.25, -0.2) is 4.79 Å². The number of para-hydroxylation sites is 1. The Hall–Kier alpha value is -2.30. The molecule has 0 spiro atoms. The van der Waals surface area contributed by atoms with Crippen LogP contribution in [0.3, 0.4) is 0 Å². The maximum Gasteiger partial charge on any atom is 0.330 e. The highest BCUT2D eigenvalue weighted by Gasteiger charge is 2.01. The van der Waals surface area contributed by atoms with Gasteiger partial charge < -0.3 is 14.2 Å². The Labute approximate surface area is 130 Å². The van der Waals surface area contributed by atoms with E-state index in [1.54, 1.807) is 6.08 Å². The van der Waals surface area contributed by atoms with Gasteiger partial charge in [-0.05, 0) is 31.4 Å². The van der Waals surface area contributed by atoms with Gasteiger partial charge >= 0.3 is 11.9 Å². The van der Waals surface area contributed by atoms with E-state index in [1.165, 1.54) is 20.1 Å². The second-order valence-corrected chi connectivity index (χ2v) is 4.64. The standard InChI is InChI=1S/C17H22O5/c1-14(18)21-12-6-3-7-13-22-16-9-5-4-8-15(16)10-11-17(19)20-2/h4-5,8-11H,3,6-7,12-13H2,1-2H3. The molecule has 0 N–H and O–H groups in total. The molecule has 0 saturated heterocycles. The summed E-state index contributed by atoms with van der Waals surface area (Å²) in [6.45, 7) is 2.43. The molecule has 5 heteroatoms. The van der Waals surface area contributed by atoms with Crippen molar-refractivity contribution in [3.05, 3.63) is 35.9 Å². The van der Waals surface area contributed by atoms with Gasteiger partial charge in [0.25, 0.3) is 0 Å². The fraction of sp³-hybridized carbons (Fsp3) is 0.412. The Morgan fingerprint density at radius 3 is 2.55 bits per heavy atom. The Balaban J connectivity index is 2.35. The highest BCUT2D eigenvalue weighted by atomic mass is 16.5. The number of hydrogen-bond donors (Lipinski definition) is 0. The van der Waals surface area contributed by atoms with Gasteiger partial charge in [0.1, 0.15) is 5.75 Å². The lowest BCUT2D eigenvalue weighted by atomic mass is 10.2. The van der Waals surface area contributed by atoms with Crippen molar-refractivity contribution in [2.75, 3.05) is 20.3 Å². The van der Waals surface area contributed by atoms with Crippen molar-refractivity contribution in [1.29, 1.82) is 0 Å². The van der Waals surface area contributed by atoms with Gasteiger partial charge in [-0.2, -0.15) is 0 Å². The lowest BCUT2D eigenvalue weighted by Gasteiger charge is -2.09. The van der Waals surface area contributed by atoms with Crippen molar-refractivity contribution in [2.24, 2.45) is 0 Å². The van der Waals surface area contributed by atoms with Crippen LogP contribution in [0.5, 0.6) is 5.75 Å². The second-order valence-electron chi connectivity index (χ2n) is 4.64. The zero-order chi connectivity index (χ0) is 16.2. The number of carbonyl (C=O) groups is 2. The Bertz CT molecular complexity index is 508. The van der Waals surface area contributed by atoms with Crippen LogP contribution in [-0.2, 0) is 19.1 Å². The first kappa shape index (κ1) is 17.8. The van der Waals surface area contributed by atoms with Crippen LogP contribution in [0.2, 0.25) is 0 Å². The first-order chi connectivity index (χ1) is 10.6. The van der Waals surface area contributed by atoms with Gasteiger partial charge in [-0.15, -0.1) is 0 Å². The number of unbranched alkanes of at least 4 members (excludes halogenated alkanes) is 2. The molecule has 0 aliphatic carbocycles. The Morgan fingerprint density at radius 2 is 1.82 bits per heavy atom. The molecule has 1 aromatic carbocycles. The summed E-state index contributed by atoms with van der Waals surface area (Å²) < 4.78 is 15.1. The Morgan fingerprint density at radius 1 is 1.09 bits per heavy atom. The van der Waals surface area contributed by atoms with E-state index in [0.29, 0.717) is 13.2 Å². The maximum atomic E-state index is 11.1. The van der Waals surface area contributed by atoms with Crippen LogP contribution in [0.15, 0.2) is 30.3 Å². The predicted octanol–water partition coefficient (Wildman–Crippen LogP) is 2.99. The highest BCUT2D eigenvalue weighted by molar-refractivity contribution is 5.87. The van der Waals surface area contributed by atoms with E-state index in [0.717, 1.165) is 30.6 Å². The van der Waals surface area contributed by atoms with Crippen molar-refractivity contribution >= 4 is 18.0 Å². The predicted molar refractivity (Wildman–Crippen MR) is 83.5 cm³/mol. The van der Waals surface area contributed by atoms with Crippen LogP contribution < -0.4 is 4.74 Å². The molecule has 0 radical (unpaired) electrons. The molecule has 0 amide bonds. The van der Waals surface area contributed by atoms with Gasteiger partial charge in [0.15, 0.2) is 0 Å². The minimum Gasteiger partial charge on any atom is -0.493 e. The van der Waals surface area contributed by atoms with Gasteiger partial charge in [-0.3, -0.25) is 4.79 Å². The monoisotopic (exact) mass is 306 g/mol. The maximum absolute atomic E-state index is 11.1. The number of methoxy groups -OCH3 is 1. The molecule has 0 bridgehead atoms. The first-order valence-electron chi connectivity index (χ1n) is 7.24. The fourth-order valence-electron chi connectivity index (χ4n) is 1.75. The molecule has 22 heavy (non-hydrogen) atoms. The van der Waals surface area contributed by atoms with E-state index in [1.807, 2.05) is 24.3 Å². The van der Waals surface area contributed by atoms with Crippen LogP contribution in [0.1, 0.15) is 31.7 Å². The second kappa shape index (κ2) is 10.4. The van der Waals surface area contributed by atoms with E-state index >= 15 is 0 Å². The quantitative estimate of drug-likeness (QED) is 0.399. The van der Waals surface area contributed by atoms with Gasteiger partial charge in [0.2, 0.25) is 0 Å². The summed E-state index contributed by atoms with van der Waals surface area (Å²) in [5, 5.41) is 0. The Kier molecular flexibility index (Phi) is 8.42. The summed E-state index contributed by atoms with van der Waals surface area (Å²) in [6.07, 6.45) is 5.65. The molecule has 0 atom stereocenters. The van der Waals surface area contributed by atoms with E-state index in [-0.39, 0.29) is 5.97 Å². The number of rotatable bonds is 9. The molecule has 1 rings (SSSR count). The van der Waals surface area contributed by atoms with Crippen LogP contribution in [0, 0.1) is 0 Å². The minimum atomic E-state index is -0.403. The minimum absolute atomic E-state index is 0.248. The molecule has 120 valence electrons. The number of hydrogen-bond acceptors (Lipinski definition) is 5. The van der Waals surface area contributed by atoms with Crippen LogP contribution in [-0.4, -0.2) is 32.3 Å². The molecule has 5 nitrogen and oxygen atoms in total. The molecule has 0 aliphatic rings. The fourth-order valence-corrected chi connectivity index (χ4v) is 1.75. The zero-order valence-corrected chi connectivity index (χ0v) is 13.0. The van der Waals surface area contributed by atoms with E-state index in [2.05, 4.69) is 4.74 Å². The summed E-state index contributed by atoms with van der Waals surface area (Å²) in [5.74, 6) is 0.0745. The van der Waals surface area contributed by atoms with Crippen molar-refractivity contribution < 1.29 is 23.8 Å². The topological polar surface area (TPSA) is 61.8 Å². The highest BCUT2D eigenvalue weighted by Crippen LogP contribution is 2.19. The van der Waals surface area contributed by atoms with Gasteiger partial charge in [-0.1, -0.05) is 18.2 Å². The van der Waals surface area contributed by atoms with Crippen LogP contribution >= 0.6 is 0 Å². The van der Waals surface area contributed by atoms with Gasteiger partial charge in [0.05, 0.1) is 20.3 Å². The SMILES string of the molecule is COC(=O)C=Cc1ccccc1OCCCCCOC(C)=O. The average Bonchev–Trinajstić information content (AvgIpc) is 2.52. The number of carbonyl (C=O) groups excluding carboxylic acids is 2. The number of esters is 2. The molecule has 0 aliphatic heterocycles. The molecule has 0 heterocycles. The van der Waals surface area contributed by atoms with E-state index < -0.39 is 5.97 Å². The number of benzene rings is 1. The average molecular weight is 306 g/mol. The summed E-state index contributed by atoms with van der Waals surface area (Å²) in [5.41, 5.74) is 0.827. The van der Waals surface area contributed by atoms with E-state index in [4.69, 9.17) is 9.47 Å².